The van der Waals surface area contributed by atoms with Crippen LogP contribution in [0.1, 0.15) is 56.9 Å². The summed E-state index contributed by atoms with van der Waals surface area (Å²) in [5.74, 6) is 0.549. The summed E-state index contributed by atoms with van der Waals surface area (Å²) in [5.41, 5.74) is 0.346. The lowest BCUT2D eigenvalue weighted by atomic mass is 9.63. The minimum Gasteiger partial charge on any atom is -0.494 e. The van der Waals surface area contributed by atoms with Gasteiger partial charge in [-0.2, -0.15) is 0 Å². The van der Waals surface area contributed by atoms with Crippen molar-refractivity contribution in [2.45, 2.75) is 57.0 Å². The number of methoxy groups -OCH3 is 1. The van der Waals surface area contributed by atoms with E-state index in [1.54, 1.807) is 13.0 Å². The first-order chi connectivity index (χ1) is 12.3. The standard InChI is InChI=1S/C21H28FNO3/c1-20(25)10-15(11-20)19(24)23-12-21(13-23)8-6-14(7-9-21)16-4-3-5-17(26-2)18(16)22/h3-5,14-15,25H,6-13H2,1-2H3/t15-,20+. The molecule has 26 heavy (non-hydrogen) atoms. The van der Waals surface area contributed by atoms with E-state index in [0.29, 0.717) is 18.6 Å². The van der Waals surface area contributed by atoms with E-state index in [4.69, 9.17) is 4.74 Å². The lowest BCUT2D eigenvalue weighted by Crippen LogP contribution is -2.62. The molecule has 3 fully saturated rings. The lowest BCUT2D eigenvalue weighted by molar-refractivity contribution is -0.163. The molecule has 3 aliphatic rings. The van der Waals surface area contributed by atoms with Gasteiger partial charge < -0.3 is 14.7 Å². The number of carbonyl (C=O) groups excluding carboxylic acids is 1. The van der Waals surface area contributed by atoms with Gasteiger partial charge in [0.25, 0.3) is 0 Å². The molecule has 1 saturated heterocycles. The van der Waals surface area contributed by atoms with Crippen LogP contribution < -0.4 is 4.74 Å². The van der Waals surface area contributed by atoms with Crippen LogP contribution in [0.4, 0.5) is 4.39 Å². The molecule has 5 heteroatoms. The number of amides is 1. The highest BCUT2D eigenvalue weighted by molar-refractivity contribution is 5.81. The van der Waals surface area contributed by atoms with Gasteiger partial charge in [0.2, 0.25) is 5.91 Å². The Hall–Kier alpha value is -1.62. The van der Waals surface area contributed by atoms with Crippen LogP contribution in [0.3, 0.4) is 0 Å². The van der Waals surface area contributed by atoms with Gasteiger partial charge in [-0.25, -0.2) is 4.39 Å². The first-order valence-electron chi connectivity index (χ1n) is 9.66. The van der Waals surface area contributed by atoms with E-state index >= 15 is 0 Å². The van der Waals surface area contributed by atoms with Crippen molar-refractivity contribution in [3.63, 3.8) is 0 Å². The third-order valence-electron chi connectivity index (χ3n) is 6.78. The van der Waals surface area contributed by atoms with Gasteiger partial charge in [-0.05, 0) is 63.0 Å². The number of benzene rings is 1. The van der Waals surface area contributed by atoms with E-state index in [9.17, 15) is 14.3 Å². The van der Waals surface area contributed by atoms with Crippen molar-refractivity contribution in [3.05, 3.63) is 29.6 Å². The summed E-state index contributed by atoms with van der Waals surface area (Å²) in [6, 6.07) is 5.40. The molecule has 4 rings (SSSR count). The molecule has 4 nitrogen and oxygen atoms in total. The molecule has 1 amide bonds. The van der Waals surface area contributed by atoms with Crippen LogP contribution in [0.15, 0.2) is 18.2 Å². The largest absolute Gasteiger partial charge is 0.494 e. The second kappa shape index (κ2) is 6.22. The van der Waals surface area contributed by atoms with Crippen LogP contribution >= 0.6 is 0 Å². The molecule has 1 aliphatic heterocycles. The summed E-state index contributed by atoms with van der Waals surface area (Å²) < 4.78 is 19.6. The van der Waals surface area contributed by atoms with Gasteiger partial charge in [0, 0.05) is 24.4 Å². The topological polar surface area (TPSA) is 49.8 Å². The molecule has 0 unspecified atom stereocenters. The second-order valence-corrected chi connectivity index (χ2v) is 8.93. The lowest BCUT2D eigenvalue weighted by Gasteiger charge is -2.55. The molecule has 1 aromatic rings. The molecule has 0 atom stereocenters. The van der Waals surface area contributed by atoms with Crippen LogP contribution in [0.2, 0.25) is 0 Å². The van der Waals surface area contributed by atoms with Crippen LogP contribution in [-0.4, -0.2) is 41.7 Å². The van der Waals surface area contributed by atoms with Crippen molar-refractivity contribution in [1.82, 2.24) is 4.90 Å². The maximum atomic E-state index is 14.5. The zero-order chi connectivity index (χ0) is 18.5. The van der Waals surface area contributed by atoms with E-state index in [1.165, 1.54) is 7.11 Å². The predicted molar refractivity (Wildman–Crippen MR) is 96.5 cm³/mol. The normalized spacial score (nSPS) is 30.6. The van der Waals surface area contributed by atoms with Crippen LogP contribution in [0.25, 0.3) is 0 Å². The Morgan fingerprint density at radius 3 is 2.50 bits per heavy atom. The maximum absolute atomic E-state index is 14.5. The van der Waals surface area contributed by atoms with Crippen molar-refractivity contribution >= 4 is 5.91 Å². The fourth-order valence-corrected chi connectivity index (χ4v) is 5.21. The van der Waals surface area contributed by atoms with E-state index in [-0.39, 0.29) is 29.0 Å². The molecule has 1 heterocycles. The smallest absolute Gasteiger partial charge is 0.225 e. The molecule has 0 radical (unpaired) electrons. The average Bonchev–Trinajstić information content (AvgIpc) is 2.57. The van der Waals surface area contributed by atoms with E-state index in [1.807, 2.05) is 17.0 Å². The monoisotopic (exact) mass is 361 g/mol. The summed E-state index contributed by atoms with van der Waals surface area (Å²) in [4.78, 5) is 14.4. The van der Waals surface area contributed by atoms with E-state index in [2.05, 4.69) is 0 Å². The van der Waals surface area contributed by atoms with Crippen molar-refractivity contribution in [2.24, 2.45) is 11.3 Å². The maximum Gasteiger partial charge on any atom is 0.225 e. The van der Waals surface area contributed by atoms with Crippen molar-refractivity contribution in [3.8, 4) is 5.75 Å². The summed E-state index contributed by atoms with van der Waals surface area (Å²) in [5, 5.41) is 9.83. The number of nitrogens with zero attached hydrogens (tertiary/aromatic N) is 1. The van der Waals surface area contributed by atoms with Gasteiger partial charge >= 0.3 is 0 Å². The zero-order valence-electron chi connectivity index (χ0n) is 15.6. The molecule has 0 aromatic heterocycles. The predicted octanol–water partition coefficient (Wildman–Crippen LogP) is 3.48. The molecule has 1 N–H and O–H groups in total. The van der Waals surface area contributed by atoms with Gasteiger partial charge in [-0.15, -0.1) is 0 Å². The molecule has 0 bridgehead atoms. The second-order valence-electron chi connectivity index (χ2n) is 8.93. The minimum atomic E-state index is -0.651. The number of carbonyl (C=O) groups is 1. The van der Waals surface area contributed by atoms with Crippen molar-refractivity contribution in [1.29, 1.82) is 0 Å². The Morgan fingerprint density at radius 2 is 1.92 bits per heavy atom. The van der Waals surface area contributed by atoms with Crippen molar-refractivity contribution < 1.29 is 19.0 Å². The number of ether oxygens (including phenoxy) is 1. The first kappa shape index (κ1) is 17.8. The van der Waals surface area contributed by atoms with Crippen LogP contribution in [-0.2, 0) is 4.79 Å². The molecular formula is C21H28FNO3. The quantitative estimate of drug-likeness (QED) is 0.897. The number of aliphatic hydroxyl groups is 1. The van der Waals surface area contributed by atoms with Gasteiger partial charge in [0.15, 0.2) is 11.6 Å². The van der Waals surface area contributed by atoms with E-state index in [0.717, 1.165) is 44.3 Å². The summed E-state index contributed by atoms with van der Waals surface area (Å²) >= 11 is 0. The number of hydrogen-bond donors (Lipinski definition) is 1. The highest BCUT2D eigenvalue weighted by atomic mass is 19.1. The molecular weight excluding hydrogens is 333 g/mol. The van der Waals surface area contributed by atoms with Crippen molar-refractivity contribution in [2.75, 3.05) is 20.2 Å². The van der Waals surface area contributed by atoms with Crippen LogP contribution in [0.5, 0.6) is 5.75 Å². The van der Waals surface area contributed by atoms with Crippen LogP contribution in [0, 0.1) is 17.2 Å². The molecule has 2 aliphatic carbocycles. The molecule has 1 spiro atoms. The molecule has 2 saturated carbocycles. The highest BCUT2D eigenvalue weighted by Gasteiger charge is 2.51. The highest BCUT2D eigenvalue weighted by Crippen LogP contribution is 2.50. The molecule has 142 valence electrons. The number of hydrogen-bond acceptors (Lipinski definition) is 3. The fraction of sp³-hybridized carbons (Fsp3) is 0.667. The summed E-state index contributed by atoms with van der Waals surface area (Å²) in [6.07, 6.45) is 5.19. The SMILES string of the molecule is COc1cccc(C2CCC3(CC2)CN(C(=O)[C@H]2C[C@@](C)(O)C2)C3)c1F. The van der Waals surface area contributed by atoms with E-state index < -0.39 is 5.60 Å². The number of halogens is 1. The Kier molecular flexibility index (Phi) is 4.25. The number of likely N-dealkylation sites (tertiary alicyclic amines) is 1. The van der Waals surface area contributed by atoms with Gasteiger partial charge in [-0.1, -0.05) is 12.1 Å². The van der Waals surface area contributed by atoms with Gasteiger partial charge in [0.05, 0.1) is 12.7 Å². The van der Waals surface area contributed by atoms with Gasteiger partial charge in [-0.3, -0.25) is 4.79 Å². The Bertz CT molecular complexity index is 693. The number of rotatable bonds is 3. The first-order valence-corrected chi connectivity index (χ1v) is 9.66. The summed E-state index contributed by atoms with van der Waals surface area (Å²) in [6.45, 7) is 3.46. The third kappa shape index (κ3) is 3.00. The average molecular weight is 361 g/mol. The summed E-state index contributed by atoms with van der Waals surface area (Å²) in [7, 11) is 1.50. The Morgan fingerprint density at radius 1 is 1.27 bits per heavy atom. The fourth-order valence-electron chi connectivity index (χ4n) is 5.21. The molecule has 1 aromatic carbocycles. The Labute approximate surface area is 154 Å². The van der Waals surface area contributed by atoms with Gasteiger partial charge in [0.1, 0.15) is 0 Å². The Balaban J connectivity index is 1.32. The minimum absolute atomic E-state index is 0.00423. The zero-order valence-corrected chi connectivity index (χ0v) is 15.6. The third-order valence-corrected chi connectivity index (χ3v) is 6.78.